The number of carbonyl (C=O) groups excluding carboxylic acids is 2. The number of phenolic OH excluding ortho intramolecular Hbond substituents is 2. The van der Waals surface area contributed by atoms with Gasteiger partial charge in [0.1, 0.15) is 17.1 Å². The molecule has 5 nitrogen and oxygen atoms in total. The Morgan fingerprint density at radius 3 is 2.70 bits per heavy atom. The van der Waals surface area contributed by atoms with Gasteiger partial charge in [-0.15, -0.1) is 0 Å². The van der Waals surface area contributed by atoms with Gasteiger partial charge >= 0.3 is 5.97 Å². The first-order chi connectivity index (χ1) is 11.0. The van der Waals surface area contributed by atoms with Crippen molar-refractivity contribution in [2.24, 2.45) is 0 Å². The maximum atomic E-state index is 12.3. The Balaban J connectivity index is 2.36. The van der Waals surface area contributed by atoms with E-state index in [9.17, 15) is 19.8 Å². The monoisotopic (exact) mass is 318 g/mol. The summed E-state index contributed by atoms with van der Waals surface area (Å²) < 4.78 is 5.37. The molecule has 0 amide bonds. The van der Waals surface area contributed by atoms with Crippen molar-refractivity contribution in [1.82, 2.24) is 0 Å². The van der Waals surface area contributed by atoms with E-state index in [0.29, 0.717) is 0 Å². The van der Waals surface area contributed by atoms with Gasteiger partial charge in [-0.3, -0.25) is 4.79 Å². The van der Waals surface area contributed by atoms with Crippen LogP contribution in [0.1, 0.15) is 54.9 Å². The quantitative estimate of drug-likeness (QED) is 0.717. The summed E-state index contributed by atoms with van der Waals surface area (Å²) in [7, 11) is 0. The summed E-state index contributed by atoms with van der Waals surface area (Å²) in [6.45, 7) is 1.81. The number of ketones is 1. The topological polar surface area (TPSA) is 83.8 Å². The number of rotatable bonds is 0. The first-order valence-electron chi connectivity index (χ1n) is 7.92. The van der Waals surface area contributed by atoms with E-state index in [0.717, 1.165) is 38.2 Å². The summed E-state index contributed by atoms with van der Waals surface area (Å²) in [6.07, 6.45) is 7.50. The molecule has 1 aliphatic rings. The Morgan fingerprint density at radius 1 is 1.13 bits per heavy atom. The van der Waals surface area contributed by atoms with Crippen molar-refractivity contribution in [1.29, 1.82) is 0 Å². The number of hydrogen-bond donors (Lipinski definition) is 2. The number of ether oxygens (including phenoxy) is 1. The second-order valence-corrected chi connectivity index (χ2v) is 5.90. The average Bonchev–Trinajstić information content (AvgIpc) is 2.44. The van der Waals surface area contributed by atoms with Crippen molar-refractivity contribution in [2.45, 2.75) is 51.6 Å². The molecule has 2 rings (SSSR count). The van der Waals surface area contributed by atoms with Crippen molar-refractivity contribution >= 4 is 11.8 Å². The van der Waals surface area contributed by atoms with E-state index in [1.807, 2.05) is 13.0 Å². The number of hydrogen-bond acceptors (Lipinski definition) is 5. The number of phenols is 2. The van der Waals surface area contributed by atoms with Gasteiger partial charge in [-0.05, 0) is 50.3 Å². The summed E-state index contributed by atoms with van der Waals surface area (Å²) in [5, 5.41) is 19.6. The van der Waals surface area contributed by atoms with Crippen LogP contribution < -0.4 is 0 Å². The van der Waals surface area contributed by atoms with Gasteiger partial charge in [0.25, 0.3) is 0 Å². The lowest BCUT2D eigenvalue weighted by atomic mass is 9.99. The molecule has 2 N–H and O–H groups in total. The minimum absolute atomic E-state index is 0.0477. The van der Waals surface area contributed by atoms with Gasteiger partial charge in [0.2, 0.25) is 0 Å². The van der Waals surface area contributed by atoms with Crippen LogP contribution in [-0.4, -0.2) is 28.1 Å². The molecule has 0 bridgehead atoms. The number of benzene rings is 1. The van der Waals surface area contributed by atoms with Crippen LogP contribution in [0.15, 0.2) is 24.3 Å². The smallest absolute Gasteiger partial charge is 0.342 e. The lowest BCUT2D eigenvalue weighted by Gasteiger charge is -2.16. The summed E-state index contributed by atoms with van der Waals surface area (Å²) in [5.74, 6) is -1.42. The Hall–Kier alpha value is -2.30. The zero-order chi connectivity index (χ0) is 16.8. The van der Waals surface area contributed by atoms with Crippen molar-refractivity contribution in [3.8, 4) is 11.5 Å². The highest BCUT2D eigenvalue weighted by Crippen LogP contribution is 2.29. The maximum Gasteiger partial charge on any atom is 0.342 e. The molecule has 1 heterocycles. The van der Waals surface area contributed by atoms with Crippen LogP contribution in [-0.2, 0) is 16.0 Å². The summed E-state index contributed by atoms with van der Waals surface area (Å²) in [5.41, 5.74) is 0.222. The molecule has 124 valence electrons. The van der Waals surface area contributed by atoms with Gasteiger partial charge in [0, 0.05) is 12.5 Å². The Bertz CT molecular complexity index is 618. The third-order valence-corrected chi connectivity index (χ3v) is 3.85. The molecule has 0 saturated carbocycles. The van der Waals surface area contributed by atoms with E-state index in [4.69, 9.17) is 4.74 Å². The van der Waals surface area contributed by atoms with Crippen molar-refractivity contribution in [2.75, 3.05) is 0 Å². The van der Waals surface area contributed by atoms with Crippen molar-refractivity contribution < 1.29 is 24.5 Å². The Kier molecular flexibility index (Phi) is 5.79. The van der Waals surface area contributed by atoms with Gasteiger partial charge in [-0.1, -0.05) is 12.5 Å². The van der Waals surface area contributed by atoms with Crippen LogP contribution in [0.3, 0.4) is 0 Å². The largest absolute Gasteiger partial charge is 0.508 e. The van der Waals surface area contributed by atoms with E-state index >= 15 is 0 Å². The van der Waals surface area contributed by atoms with Crippen LogP contribution in [0.4, 0.5) is 0 Å². The molecule has 0 fully saturated rings. The summed E-state index contributed by atoms with van der Waals surface area (Å²) in [4.78, 5) is 24.3. The SMILES string of the molecule is C[C@H]1CCCCCC=CC(=O)Cc2cc(O)cc(O)c2C(=O)O1. The molecule has 5 heteroatoms. The highest BCUT2D eigenvalue weighted by Gasteiger charge is 2.22. The van der Waals surface area contributed by atoms with Gasteiger partial charge in [-0.25, -0.2) is 4.79 Å². The fraction of sp³-hybridized carbons (Fsp3) is 0.444. The van der Waals surface area contributed by atoms with Crippen LogP contribution >= 0.6 is 0 Å². The van der Waals surface area contributed by atoms with Crippen LogP contribution in [0.2, 0.25) is 0 Å². The first-order valence-corrected chi connectivity index (χ1v) is 7.92. The molecule has 1 atom stereocenters. The lowest BCUT2D eigenvalue weighted by molar-refractivity contribution is -0.114. The molecule has 1 aromatic rings. The van der Waals surface area contributed by atoms with Gasteiger partial charge < -0.3 is 14.9 Å². The molecule has 0 radical (unpaired) electrons. The molecule has 0 aliphatic carbocycles. The average molecular weight is 318 g/mol. The number of allylic oxidation sites excluding steroid dienone is 2. The van der Waals surface area contributed by atoms with Gasteiger partial charge in [-0.2, -0.15) is 0 Å². The predicted molar refractivity (Wildman–Crippen MR) is 85.6 cm³/mol. The molecule has 0 unspecified atom stereocenters. The molecule has 1 aliphatic heterocycles. The van der Waals surface area contributed by atoms with E-state index in [1.165, 1.54) is 12.1 Å². The minimum atomic E-state index is -0.668. The zero-order valence-corrected chi connectivity index (χ0v) is 13.2. The normalized spacial score (nSPS) is 20.5. The zero-order valence-electron chi connectivity index (χ0n) is 13.2. The predicted octanol–water partition coefficient (Wildman–Crippen LogP) is 3.28. The number of aromatic hydroxyl groups is 2. The standard InChI is InChI=1S/C18H22O5/c1-12-7-5-3-2-4-6-8-14(19)9-13-10-15(20)11-16(21)17(13)18(22)23-12/h6,8,10-12,20-21H,2-5,7,9H2,1H3/t12-/m0/s1. The number of cyclic esters (lactones) is 1. The third kappa shape index (κ3) is 4.84. The van der Waals surface area contributed by atoms with Gasteiger partial charge in [0.05, 0.1) is 6.10 Å². The number of fused-ring (bicyclic) bond motifs is 1. The van der Waals surface area contributed by atoms with Crippen molar-refractivity contribution in [3.05, 3.63) is 35.4 Å². The molecule has 23 heavy (non-hydrogen) atoms. The van der Waals surface area contributed by atoms with Crippen LogP contribution in [0.5, 0.6) is 11.5 Å². The molecule has 0 spiro atoms. The summed E-state index contributed by atoms with van der Waals surface area (Å²) >= 11 is 0. The second-order valence-electron chi connectivity index (χ2n) is 5.90. The second kappa shape index (κ2) is 7.81. The number of esters is 1. The molecule has 1 aromatic carbocycles. The van der Waals surface area contributed by atoms with Crippen LogP contribution in [0.25, 0.3) is 0 Å². The fourth-order valence-electron chi connectivity index (χ4n) is 2.68. The Morgan fingerprint density at radius 2 is 1.91 bits per heavy atom. The van der Waals surface area contributed by atoms with E-state index < -0.39 is 5.97 Å². The van der Waals surface area contributed by atoms with Crippen LogP contribution in [0, 0.1) is 0 Å². The molecular weight excluding hydrogens is 296 g/mol. The Labute approximate surface area is 135 Å². The van der Waals surface area contributed by atoms with Crippen molar-refractivity contribution in [3.63, 3.8) is 0 Å². The molecule has 0 aromatic heterocycles. The highest BCUT2D eigenvalue weighted by atomic mass is 16.5. The van der Waals surface area contributed by atoms with Gasteiger partial charge in [0.15, 0.2) is 5.78 Å². The van der Waals surface area contributed by atoms with E-state index in [2.05, 4.69) is 0 Å². The first kappa shape index (κ1) is 17.1. The number of carbonyl (C=O) groups is 2. The third-order valence-electron chi connectivity index (χ3n) is 3.85. The maximum absolute atomic E-state index is 12.3. The molecule has 0 saturated heterocycles. The highest BCUT2D eigenvalue weighted by molar-refractivity contribution is 5.98. The van der Waals surface area contributed by atoms with E-state index in [-0.39, 0.29) is 40.9 Å². The van der Waals surface area contributed by atoms with E-state index in [1.54, 1.807) is 0 Å². The fourth-order valence-corrected chi connectivity index (χ4v) is 2.68. The molecular formula is C18H22O5. The lowest BCUT2D eigenvalue weighted by Crippen LogP contribution is -2.17. The summed E-state index contributed by atoms with van der Waals surface area (Å²) in [6, 6.07) is 2.40. The minimum Gasteiger partial charge on any atom is -0.508 e.